The van der Waals surface area contributed by atoms with Gasteiger partial charge in [-0.3, -0.25) is 4.79 Å². The molecule has 0 aliphatic rings. The lowest BCUT2D eigenvalue weighted by Crippen LogP contribution is -2.11. The van der Waals surface area contributed by atoms with Crippen molar-refractivity contribution in [3.63, 3.8) is 0 Å². The topological polar surface area (TPSA) is 54.9 Å². The van der Waals surface area contributed by atoms with Gasteiger partial charge in [-0.2, -0.15) is 0 Å². The van der Waals surface area contributed by atoms with E-state index in [1.807, 2.05) is 48.5 Å². The van der Waals surface area contributed by atoms with Crippen LogP contribution >= 0.6 is 23.1 Å². The number of hydrogen-bond acceptors (Lipinski definition) is 5. The average molecular weight is 384 g/mol. The number of carbonyl (C=O) groups is 1. The Morgan fingerprint density at radius 2 is 1.77 bits per heavy atom. The normalized spacial score (nSPS) is 11.9. The summed E-state index contributed by atoms with van der Waals surface area (Å²) in [6.45, 7) is 2.18. The average Bonchev–Trinajstić information content (AvgIpc) is 3.10. The Hall–Kier alpha value is -2.18. The molecule has 0 aliphatic heterocycles. The molecular weight excluding hydrogens is 362 g/mol. The first-order valence-electron chi connectivity index (χ1n) is 8.56. The fourth-order valence-corrected chi connectivity index (χ4v) is 4.27. The number of nitrogens with one attached hydrogen (secondary N) is 1. The van der Waals surface area contributed by atoms with Crippen LogP contribution in [-0.2, 0) is 11.2 Å². The zero-order valence-corrected chi connectivity index (χ0v) is 16.2. The molecule has 26 heavy (non-hydrogen) atoms. The summed E-state index contributed by atoms with van der Waals surface area (Å²) in [5, 5.41) is 12.7. The van der Waals surface area contributed by atoms with E-state index < -0.39 is 0 Å². The molecular formula is C20H21N3OS2. The molecule has 0 bridgehead atoms. The van der Waals surface area contributed by atoms with E-state index in [2.05, 4.69) is 34.6 Å². The fraction of sp³-hybridized carbons (Fsp3) is 0.250. The van der Waals surface area contributed by atoms with Gasteiger partial charge in [0.2, 0.25) is 11.0 Å². The minimum Gasteiger partial charge on any atom is -0.301 e. The van der Waals surface area contributed by atoms with Crippen molar-refractivity contribution in [1.82, 2.24) is 10.2 Å². The van der Waals surface area contributed by atoms with Crippen LogP contribution < -0.4 is 5.32 Å². The van der Waals surface area contributed by atoms with Gasteiger partial charge in [0.15, 0.2) is 0 Å². The van der Waals surface area contributed by atoms with Gasteiger partial charge in [0.1, 0.15) is 5.01 Å². The van der Waals surface area contributed by atoms with E-state index in [0.29, 0.717) is 17.5 Å². The number of nitrogens with zero attached hydrogens (tertiary/aromatic N) is 2. The maximum Gasteiger partial charge on any atom is 0.227 e. The predicted molar refractivity (Wildman–Crippen MR) is 109 cm³/mol. The zero-order valence-electron chi connectivity index (χ0n) is 14.6. The molecule has 4 nitrogen and oxygen atoms in total. The van der Waals surface area contributed by atoms with Crippen LogP contribution in [0.25, 0.3) is 0 Å². The Morgan fingerprint density at radius 3 is 2.50 bits per heavy atom. The van der Waals surface area contributed by atoms with Crippen molar-refractivity contribution in [2.75, 3.05) is 11.1 Å². The molecule has 1 N–H and O–H groups in total. The highest BCUT2D eigenvalue weighted by atomic mass is 32.2. The number of hydrogen-bond donors (Lipinski definition) is 1. The van der Waals surface area contributed by atoms with Crippen LogP contribution in [0.1, 0.15) is 29.8 Å². The summed E-state index contributed by atoms with van der Waals surface area (Å²) in [6, 6.07) is 20.4. The van der Waals surface area contributed by atoms with E-state index in [-0.39, 0.29) is 5.91 Å². The molecule has 3 rings (SSSR count). The highest BCUT2D eigenvalue weighted by molar-refractivity contribution is 7.99. The van der Waals surface area contributed by atoms with Crippen molar-refractivity contribution < 1.29 is 4.79 Å². The standard InChI is InChI=1S/C20H21N3OS2/c1-15(16-8-4-2-5-9-16)14-19-22-23-20(26-19)21-18(24)12-13-25-17-10-6-3-7-11-17/h2-11,15H,12-14H2,1H3,(H,21,23,24)/t15-/m1/s1. The summed E-state index contributed by atoms with van der Waals surface area (Å²) in [4.78, 5) is 13.2. The monoisotopic (exact) mass is 383 g/mol. The fourth-order valence-electron chi connectivity index (χ4n) is 2.51. The molecule has 134 valence electrons. The third-order valence-corrected chi connectivity index (χ3v) is 5.78. The second-order valence-electron chi connectivity index (χ2n) is 5.98. The zero-order chi connectivity index (χ0) is 18.2. The summed E-state index contributed by atoms with van der Waals surface area (Å²) < 4.78 is 0. The van der Waals surface area contributed by atoms with Crippen LogP contribution in [0, 0.1) is 0 Å². The third-order valence-electron chi connectivity index (χ3n) is 3.90. The lowest BCUT2D eigenvalue weighted by molar-refractivity contribution is -0.115. The molecule has 6 heteroatoms. The van der Waals surface area contributed by atoms with E-state index in [1.54, 1.807) is 11.8 Å². The van der Waals surface area contributed by atoms with Gasteiger partial charge in [-0.1, -0.05) is 66.8 Å². The molecule has 0 saturated carbocycles. The van der Waals surface area contributed by atoms with Gasteiger partial charge in [0, 0.05) is 23.5 Å². The molecule has 0 spiro atoms. The molecule has 0 unspecified atom stereocenters. The van der Waals surface area contributed by atoms with E-state index in [4.69, 9.17) is 0 Å². The maximum atomic E-state index is 12.1. The Kier molecular flexibility index (Phi) is 6.80. The van der Waals surface area contributed by atoms with Crippen molar-refractivity contribution in [1.29, 1.82) is 0 Å². The first-order valence-corrected chi connectivity index (χ1v) is 10.4. The number of benzene rings is 2. The SMILES string of the molecule is C[C@H](Cc1nnc(NC(=O)CCSc2ccccc2)s1)c1ccccc1. The molecule has 0 fully saturated rings. The first-order chi connectivity index (χ1) is 12.7. The Balaban J connectivity index is 1.45. The lowest BCUT2D eigenvalue weighted by Gasteiger charge is -2.08. The van der Waals surface area contributed by atoms with E-state index in [0.717, 1.165) is 17.2 Å². The summed E-state index contributed by atoms with van der Waals surface area (Å²) in [5.41, 5.74) is 1.28. The summed E-state index contributed by atoms with van der Waals surface area (Å²) >= 11 is 3.13. The quantitative estimate of drug-likeness (QED) is 0.556. The molecule has 1 heterocycles. The third kappa shape index (κ3) is 5.68. The number of carbonyl (C=O) groups excluding carboxylic acids is 1. The maximum absolute atomic E-state index is 12.1. The number of amides is 1. The molecule has 2 aromatic carbocycles. The van der Waals surface area contributed by atoms with Crippen molar-refractivity contribution in [2.24, 2.45) is 0 Å². The Labute approximate surface area is 162 Å². The highest BCUT2D eigenvalue weighted by Crippen LogP contribution is 2.24. The number of rotatable bonds is 8. The van der Waals surface area contributed by atoms with Gasteiger partial charge < -0.3 is 5.32 Å². The summed E-state index contributed by atoms with van der Waals surface area (Å²) in [6.07, 6.45) is 1.27. The molecule has 0 aliphatic carbocycles. The van der Waals surface area contributed by atoms with Gasteiger partial charge in [-0.25, -0.2) is 0 Å². The van der Waals surface area contributed by atoms with Crippen molar-refractivity contribution in [2.45, 2.75) is 30.6 Å². The molecule has 0 saturated heterocycles. The van der Waals surface area contributed by atoms with Crippen LogP contribution in [0.5, 0.6) is 0 Å². The second-order valence-corrected chi connectivity index (χ2v) is 8.21. The number of aromatic nitrogens is 2. The van der Waals surface area contributed by atoms with E-state index in [1.165, 1.54) is 21.8 Å². The van der Waals surface area contributed by atoms with Gasteiger partial charge in [0.25, 0.3) is 0 Å². The van der Waals surface area contributed by atoms with Crippen molar-refractivity contribution in [3.05, 3.63) is 71.2 Å². The smallest absolute Gasteiger partial charge is 0.227 e. The van der Waals surface area contributed by atoms with Gasteiger partial charge in [-0.15, -0.1) is 22.0 Å². The first kappa shape index (κ1) is 18.6. The van der Waals surface area contributed by atoms with Crippen molar-refractivity contribution in [3.8, 4) is 0 Å². The van der Waals surface area contributed by atoms with E-state index in [9.17, 15) is 4.79 Å². The van der Waals surface area contributed by atoms with Crippen LogP contribution in [0.4, 0.5) is 5.13 Å². The largest absolute Gasteiger partial charge is 0.301 e. The van der Waals surface area contributed by atoms with Crippen LogP contribution in [0.3, 0.4) is 0 Å². The Bertz CT molecular complexity index is 821. The minimum atomic E-state index is -0.0211. The van der Waals surface area contributed by atoms with Gasteiger partial charge in [-0.05, 0) is 23.6 Å². The lowest BCUT2D eigenvalue weighted by atomic mass is 9.98. The number of anilines is 1. The molecule has 1 amide bonds. The summed E-state index contributed by atoms with van der Waals surface area (Å²) in [5.74, 6) is 1.09. The second kappa shape index (κ2) is 9.50. The van der Waals surface area contributed by atoms with Crippen LogP contribution in [0.2, 0.25) is 0 Å². The van der Waals surface area contributed by atoms with Gasteiger partial charge >= 0.3 is 0 Å². The molecule has 1 atom stereocenters. The van der Waals surface area contributed by atoms with Crippen molar-refractivity contribution >= 4 is 34.1 Å². The predicted octanol–water partition coefficient (Wildman–Crippen LogP) is 5.01. The molecule has 1 aromatic heterocycles. The van der Waals surface area contributed by atoms with E-state index >= 15 is 0 Å². The molecule has 3 aromatic rings. The summed E-state index contributed by atoms with van der Waals surface area (Å²) in [7, 11) is 0. The van der Waals surface area contributed by atoms with Crippen LogP contribution in [0.15, 0.2) is 65.6 Å². The van der Waals surface area contributed by atoms with Crippen LogP contribution in [-0.4, -0.2) is 21.9 Å². The molecule has 0 radical (unpaired) electrons. The highest BCUT2D eigenvalue weighted by Gasteiger charge is 2.12. The van der Waals surface area contributed by atoms with Gasteiger partial charge in [0.05, 0.1) is 0 Å². The number of thioether (sulfide) groups is 1. The Morgan fingerprint density at radius 1 is 1.08 bits per heavy atom. The minimum absolute atomic E-state index is 0.0211.